The highest BCUT2D eigenvalue weighted by atomic mass is 16.5. The van der Waals surface area contributed by atoms with Crippen LogP contribution in [0.5, 0.6) is 0 Å². The molecule has 0 amide bonds. The van der Waals surface area contributed by atoms with Crippen LogP contribution in [0.3, 0.4) is 0 Å². The summed E-state index contributed by atoms with van der Waals surface area (Å²) in [5.74, 6) is 0. The summed E-state index contributed by atoms with van der Waals surface area (Å²) in [4.78, 5) is 9.85. The summed E-state index contributed by atoms with van der Waals surface area (Å²) in [7, 11) is 1.77. The second-order valence-electron chi connectivity index (χ2n) is 4.73. The van der Waals surface area contributed by atoms with Crippen molar-refractivity contribution in [2.75, 3.05) is 20.3 Å². The third-order valence-electron chi connectivity index (χ3n) is 3.10. The number of ether oxygens (including phenoxy) is 1. The van der Waals surface area contributed by atoms with E-state index in [0.29, 0.717) is 6.54 Å². The SMILES string of the molecule is COCCCCCCCCCCCCCN=O. The van der Waals surface area contributed by atoms with Gasteiger partial charge in [0.2, 0.25) is 0 Å². The van der Waals surface area contributed by atoms with Crippen molar-refractivity contribution >= 4 is 0 Å². The highest BCUT2D eigenvalue weighted by Crippen LogP contribution is 2.11. The van der Waals surface area contributed by atoms with Gasteiger partial charge in [0.05, 0.1) is 6.54 Å². The lowest BCUT2D eigenvalue weighted by Crippen LogP contribution is -1.88. The molecule has 0 saturated carbocycles. The Morgan fingerprint density at radius 3 is 1.53 bits per heavy atom. The van der Waals surface area contributed by atoms with Gasteiger partial charge >= 0.3 is 0 Å². The van der Waals surface area contributed by atoms with Gasteiger partial charge in [-0.3, -0.25) is 0 Å². The minimum absolute atomic E-state index is 0.501. The molecule has 0 aliphatic heterocycles. The molecule has 0 aromatic carbocycles. The van der Waals surface area contributed by atoms with Crippen LogP contribution < -0.4 is 0 Å². The van der Waals surface area contributed by atoms with E-state index < -0.39 is 0 Å². The highest BCUT2D eigenvalue weighted by Gasteiger charge is 1.93. The fraction of sp³-hybridized carbons (Fsp3) is 1.00. The van der Waals surface area contributed by atoms with Crippen LogP contribution in [-0.2, 0) is 4.74 Å². The first-order chi connectivity index (χ1) is 8.41. The molecule has 0 aromatic rings. The molecule has 0 atom stereocenters. The van der Waals surface area contributed by atoms with Crippen LogP contribution in [0.2, 0.25) is 0 Å². The van der Waals surface area contributed by atoms with Gasteiger partial charge in [-0.25, -0.2) is 0 Å². The van der Waals surface area contributed by atoms with Crippen LogP contribution >= 0.6 is 0 Å². The van der Waals surface area contributed by atoms with Crippen molar-refractivity contribution in [2.45, 2.75) is 70.6 Å². The van der Waals surface area contributed by atoms with Crippen LogP contribution in [0.15, 0.2) is 5.18 Å². The van der Waals surface area contributed by atoms with E-state index in [-0.39, 0.29) is 0 Å². The molecular formula is C14H29NO2. The predicted molar refractivity (Wildman–Crippen MR) is 73.3 cm³/mol. The number of methoxy groups -OCH3 is 1. The Kier molecular flexibility index (Phi) is 15.2. The number of nitrogens with zero attached hydrogens (tertiary/aromatic N) is 1. The Bertz CT molecular complexity index is 151. The Labute approximate surface area is 106 Å². The molecule has 0 heterocycles. The summed E-state index contributed by atoms with van der Waals surface area (Å²) in [6.45, 7) is 1.41. The Hall–Kier alpha value is -0.440. The molecule has 0 unspecified atom stereocenters. The lowest BCUT2D eigenvalue weighted by Gasteiger charge is -2.02. The van der Waals surface area contributed by atoms with Gasteiger partial charge in [-0.05, 0) is 12.8 Å². The van der Waals surface area contributed by atoms with E-state index in [4.69, 9.17) is 4.74 Å². The standard InChI is InChI=1S/C14H29NO2/c1-17-14-12-10-8-6-4-2-3-5-7-9-11-13-15-16/h2-14H2,1H3. The number of hydrogen-bond donors (Lipinski definition) is 0. The third-order valence-corrected chi connectivity index (χ3v) is 3.10. The van der Waals surface area contributed by atoms with E-state index in [2.05, 4.69) is 5.18 Å². The predicted octanol–water partition coefficient (Wildman–Crippen LogP) is 4.69. The first-order valence-corrected chi connectivity index (χ1v) is 7.20. The zero-order valence-electron chi connectivity index (χ0n) is 11.5. The van der Waals surface area contributed by atoms with Gasteiger partial charge in [0.15, 0.2) is 0 Å². The minimum Gasteiger partial charge on any atom is -0.385 e. The summed E-state index contributed by atoms with van der Waals surface area (Å²) in [5, 5.41) is 2.87. The molecule has 0 rings (SSSR count). The van der Waals surface area contributed by atoms with Gasteiger partial charge < -0.3 is 4.74 Å². The van der Waals surface area contributed by atoms with Crippen molar-refractivity contribution in [1.29, 1.82) is 0 Å². The van der Waals surface area contributed by atoms with E-state index in [1.807, 2.05) is 0 Å². The molecule has 0 spiro atoms. The maximum Gasteiger partial charge on any atom is 0.0811 e. The van der Waals surface area contributed by atoms with Crippen molar-refractivity contribution in [3.05, 3.63) is 4.91 Å². The summed E-state index contributed by atoms with van der Waals surface area (Å²) in [6, 6.07) is 0. The number of unbranched alkanes of at least 4 members (excludes halogenated alkanes) is 10. The molecule has 17 heavy (non-hydrogen) atoms. The van der Waals surface area contributed by atoms with Crippen LogP contribution in [0.1, 0.15) is 70.6 Å². The fourth-order valence-electron chi connectivity index (χ4n) is 2.01. The number of rotatable bonds is 14. The lowest BCUT2D eigenvalue weighted by atomic mass is 10.1. The average molecular weight is 243 g/mol. The molecule has 0 saturated heterocycles. The van der Waals surface area contributed by atoms with Gasteiger partial charge in [0.25, 0.3) is 0 Å². The van der Waals surface area contributed by atoms with Gasteiger partial charge in [0.1, 0.15) is 0 Å². The van der Waals surface area contributed by atoms with Crippen LogP contribution in [-0.4, -0.2) is 20.3 Å². The maximum absolute atomic E-state index is 9.85. The summed E-state index contributed by atoms with van der Waals surface area (Å²) < 4.78 is 5.02. The Balaban J connectivity index is 2.87. The van der Waals surface area contributed by atoms with Gasteiger partial charge in [-0.15, -0.1) is 0 Å². The van der Waals surface area contributed by atoms with Gasteiger partial charge in [-0.1, -0.05) is 63.0 Å². The second-order valence-corrected chi connectivity index (χ2v) is 4.73. The average Bonchev–Trinajstić information content (AvgIpc) is 2.35. The van der Waals surface area contributed by atoms with E-state index in [1.165, 1.54) is 64.2 Å². The first kappa shape index (κ1) is 16.6. The van der Waals surface area contributed by atoms with Gasteiger partial charge in [-0.2, -0.15) is 4.91 Å². The summed E-state index contributed by atoms with van der Waals surface area (Å²) >= 11 is 0. The maximum atomic E-state index is 9.85. The van der Waals surface area contributed by atoms with E-state index in [9.17, 15) is 4.91 Å². The zero-order chi connectivity index (χ0) is 12.6. The molecule has 0 aromatic heterocycles. The topological polar surface area (TPSA) is 38.7 Å². The molecule has 0 fully saturated rings. The first-order valence-electron chi connectivity index (χ1n) is 7.20. The van der Waals surface area contributed by atoms with Crippen molar-refractivity contribution in [2.24, 2.45) is 5.18 Å². The molecular weight excluding hydrogens is 214 g/mol. The van der Waals surface area contributed by atoms with Crippen LogP contribution in [0, 0.1) is 4.91 Å². The van der Waals surface area contributed by atoms with E-state index in [0.717, 1.165) is 13.0 Å². The molecule has 0 bridgehead atoms. The summed E-state index contributed by atoms with van der Waals surface area (Å²) in [6.07, 6.45) is 14.1. The van der Waals surface area contributed by atoms with E-state index >= 15 is 0 Å². The zero-order valence-corrected chi connectivity index (χ0v) is 11.5. The monoisotopic (exact) mass is 243 g/mol. The van der Waals surface area contributed by atoms with Crippen molar-refractivity contribution < 1.29 is 4.74 Å². The third kappa shape index (κ3) is 15.6. The van der Waals surface area contributed by atoms with Gasteiger partial charge in [0, 0.05) is 13.7 Å². The second kappa shape index (κ2) is 15.6. The lowest BCUT2D eigenvalue weighted by molar-refractivity contribution is 0.192. The highest BCUT2D eigenvalue weighted by molar-refractivity contribution is 4.49. The van der Waals surface area contributed by atoms with E-state index in [1.54, 1.807) is 7.11 Å². The molecule has 0 aliphatic rings. The Morgan fingerprint density at radius 2 is 1.12 bits per heavy atom. The molecule has 3 heteroatoms. The minimum atomic E-state index is 0.501. The smallest absolute Gasteiger partial charge is 0.0811 e. The van der Waals surface area contributed by atoms with Crippen molar-refractivity contribution in [3.8, 4) is 0 Å². The molecule has 0 aliphatic carbocycles. The van der Waals surface area contributed by atoms with Crippen LogP contribution in [0.25, 0.3) is 0 Å². The largest absolute Gasteiger partial charge is 0.385 e. The van der Waals surface area contributed by atoms with Crippen molar-refractivity contribution in [3.63, 3.8) is 0 Å². The fourth-order valence-corrected chi connectivity index (χ4v) is 2.01. The molecule has 3 nitrogen and oxygen atoms in total. The molecule has 102 valence electrons. The Morgan fingerprint density at radius 1 is 0.706 bits per heavy atom. The summed E-state index contributed by atoms with van der Waals surface area (Å²) in [5.41, 5.74) is 0. The quantitative estimate of drug-likeness (QED) is 0.328. The molecule has 0 radical (unpaired) electrons. The normalized spacial score (nSPS) is 10.6. The number of hydrogen-bond acceptors (Lipinski definition) is 3. The van der Waals surface area contributed by atoms with Crippen LogP contribution in [0.4, 0.5) is 0 Å². The molecule has 0 N–H and O–H groups in total. The van der Waals surface area contributed by atoms with Crippen molar-refractivity contribution in [1.82, 2.24) is 0 Å². The number of nitroso groups, excluding NO2 is 1.